The van der Waals surface area contributed by atoms with Crippen molar-refractivity contribution in [1.29, 1.82) is 0 Å². The highest BCUT2D eigenvalue weighted by molar-refractivity contribution is 7.99. The minimum Gasteiger partial charge on any atom is -0.468 e. The van der Waals surface area contributed by atoms with E-state index in [1.807, 2.05) is 13.0 Å². The number of aryl methyl sites for hydroxylation is 1. The molecule has 0 fully saturated rings. The van der Waals surface area contributed by atoms with Crippen molar-refractivity contribution in [2.24, 2.45) is 5.73 Å². The topological polar surface area (TPSA) is 78.1 Å². The van der Waals surface area contributed by atoms with Crippen LogP contribution in [0.5, 0.6) is 0 Å². The molecule has 0 saturated carbocycles. The van der Waals surface area contributed by atoms with Crippen LogP contribution in [0.2, 0.25) is 0 Å². The van der Waals surface area contributed by atoms with E-state index in [-0.39, 0.29) is 5.97 Å². The summed E-state index contributed by atoms with van der Waals surface area (Å²) in [5.41, 5.74) is 5.90. The Kier molecular flexibility index (Phi) is 5.55. The number of esters is 1. The van der Waals surface area contributed by atoms with Gasteiger partial charge >= 0.3 is 5.97 Å². The molecule has 0 aliphatic rings. The molecule has 0 radical (unpaired) electrons. The molecule has 18 heavy (non-hydrogen) atoms. The van der Waals surface area contributed by atoms with Crippen LogP contribution in [-0.4, -0.2) is 34.3 Å². The van der Waals surface area contributed by atoms with E-state index in [9.17, 15) is 4.79 Å². The van der Waals surface area contributed by atoms with E-state index < -0.39 is 5.54 Å². The third kappa shape index (κ3) is 4.62. The van der Waals surface area contributed by atoms with E-state index in [0.29, 0.717) is 6.42 Å². The lowest BCUT2D eigenvalue weighted by Crippen LogP contribution is -2.45. The van der Waals surface area contributed by atoms with E-state index >= 15 is 0 Å². The molecule has 2 N–H and O–H groups in total. The lowest BCUT2D eigenvalue weighted by Gasteiger charge is -2.20. The molecule has 5 nitrogen and oxygen atoms in total. The maximum Gasteiger partial charge on any atom is 0.325 e. The van der Waals surface area contributed by atoms with Crippen LogP contribution < -0.4 is 5.73 Å². The summed E-state index contributed by atoms with van der Waals surface area (Å²) >= 11 is 1.56. The van der Waals surface area contributed by atoms with Gasteiger partial charge in [0.25, 0.3) is 0 Å². The molecule has 1 unspecified atom stereocenters. The van der Waals surface area contributed by atoms with Crippen LogP contribution in [0.1, 0.15) is 25.5 Å². The quantitative estimate of drug-likeness (QED) is 0.365. The predicted octanol–water partition coefficient (Wildman–Crippen LogP) is 1.55. The fourth-order valence-electron chi connectivity index (χ4n) is 1.43. The summed E-state index contributed by atoms with van der Waals surface area (Å²) in [4.78, 5) is 19.8. The molecule has 0 saturated heterocycles. The summed E-state index contributed by atoms with van der Waals surface area (Å²) in [5, 5.41) is 0.756. The summed E-state index contributed by atoms with van der Waals surface area (Å²) in [6.07, 6.45) is 3.13. The van der Waals surface area contributed by atoms with Gasteiger partial charge in [-0.15, -0.1) is 0 Å². The highest BCUT2D eigenvalue weighted by atomic mass is 32.2. The summed E-state index contributed by atoms with van der Waals surface area (Å²) in [6, 6.07) is 1.86. The van der Waals surface area contributed by atoms with Gasteiger partial charge in [-0.3, -0.25) is 4.79 Å². The molecule has 1 heterocycles. The van der Waals surface area contributed by atoms with Crippen LogP contribution >= 0.6 is 11.8 Å². The highest BCUT2D eigenvalue weighted by Gasteiger charge is 2.28. The van der Waals surface area contributed by atoms with E-state index in [4.69, 9.17) is 5.73 Å². The number of nitrogens with two attached hydrogens (primary N) is 1. The molecule has 1 aromatic rings. The van der Waals surface area contributed by atoms with Gasteiger partial charge in [0.05, 0.1) is 7.11 Å². The number of aromatic nitrogens is 2. The van der Waals surface area contributed by atoms with Crippen molar-refractivity contribution < 1.29 is 9.53 Å². The van der Waals surface area contributed by atoms with Crippen molar-refractivity contribution in [2.75, 3.05) is 12.9 Å². The van der Waals surface area contributed by atoms with E-state index in [0.717, 1.165) is 23.0 Å². The fourth-order valence-corrected chi connectivity index (χ4v) is 2.25. The van der Waals surface area contributed by atoms with Crippen molar-refractivity contribution in [3.63, 3.8) is 0 Å². The van der Waals surface area contributed by atoms with E-state index in [1.54, 1.807) is 24.9 Å². The van der Waals surface area contributed by atoms with Gasteiger partial charge in [0.1, 0.15) is 5.54 Å². The highest BCUT2D eigenvalue weighted by Crippen LogP contribution is 2.18. The number of thioether (sulfide) groups is 1. The van der Waals surface area contributed by atoms with Crippen molar-refractivity contribution in [2.45, 2.75) is 37.4 Å². The number of methoxy groups -OCH3 is 1. The maximum absolute atomic E-state index is 11.4. The van der Waals surface area contributed by atoms with Gasteiger partial charge in [0, 0.05) is 17.6 Å². The number of carbonyl (C=O) groups is 1. The number of rotatable bonds is 6. The second-order valence-electron chi connectivity index (χ2n) is 4.34. The van der Waals surface area contributed by atoms with Crippen molar-refractivity contribution in [3.05, 3.63) is 18.0 Å². The van der Waals surface area contributed by atoms with Crippen LogP contribution in [0.4, 0.5) is 0 Å². The number of nitrogens with zero attached hydrogens (tertiary/aromatic N) is 2. The molecule has 1 aromatic heterocycles. The monoisotopic (exact) mass is 269 g/mol. The molecule has 0 aromatic carbocycles. The zero-order valence-corrected chi connectivity index (χ0v) is 11.8. The number of hydrogen-bond donors (Lipinski definition) is 1. The van der Waals surface area contributed by atoms with Crippen LogP contribution in [0.25, 0.3) is 0 Å². The van der Waals surface area contributed by atoms with Gasteiger partial charge in [-0.1, -0.05) is 11.8 Å². The Morgan fingerprint density at radius 3 is 2.94 bits per heavy atom. The van der Waals surface area contributed by atoms with Crippen molar-refractivity contribution >= 4 is 17.7 Å². The van der Waals surface area contributed by atoms with Crippen LogP contribution in [0.3, 0.4) is 0 Å². The summed E-state index contributed by atoms with van der Waals surface area (Å²) in [6.45, 7) is 3.62. The second-order valence-corrected chi connectivity index (χ2v) is 5.40. The van der Waals surface area contributed by atoms with Crippen molar-refractivity contribution in [1.82, 2.24) is 9.97 Å². The Morgan fingerprint density at radius 1 is 1.61 bits per heavy atom. The van der Waals surface area contributed by atoms with Gasteiger partial charge in [0.15, 0.2) is 5.16 Å². The average molecular weight is 269 g/mol. The lowest BCUT2D eigenvalue weighted by molar-refractivity contribution is -0.146. The molecular formula is C12H19N3O2S. The third-order valence-electron chi connectivity index (χ3n) is 2.50. The molecule has 1 rings (SSSR count). The standard InChI is InChI=1S/C12H19N3O2S/c1-9-5-7-14-11(15-9)18-8-4-6-12(2,13)10(16)17-3/h5,7H,4,6,8,13H2,1-3H3. The molecule has 0 bridgehead atoms. The largest absolute Gasteiger partial charge is 0.468 e. The maximum atomic E-state index is 11.4. The van der Waals surface area contributed by atoms with Gasteiger partial charge in [-0.2, -0.15) is 0 Å². The first kappa shape index (κ1) is 14.9. The van der Waals surface area contributed by atoms with Crippen LogP contribution in [0.15, 0.2) is 17.4 Å². The molecule has 0 aliphatic heterocycles. The number of carbonyl (C=O) groups excluding carboxylic acids is 1. The van der Waals surface area contributed by atoms with Gasteiger partial charge in [0.2, 0.25) is 0 Å². The van der Waals surface area contributed by atoms with Gasteiger partial charge in [-0.25, -0.2) is 9.97 Å². The molecule has 100 valence electrons. The molecule has 0 spiro atoms. The Bertz CT molecular complexity index is 410. The third-order valence-corrected chi connectivity index (χ3v) is 3.44. The summed E-state index contributed by atoms with van der Waals surface area (Å²) in [7, 11) is 1.35. The molecule has 0 amide bonds. The van der Waals surface area contributed by atoms with E-state index in [2.05, 4.69) is 14.7 Å². The van der Waals surface area contributed by atoms with Crippen LogP contribution in [-0.2, 0) is 9.53 Å². The zero-order chi connectivity index (χ0) is 13.6. The molecule has 1 atom stereocenters. The van der Waals surface area contributed by atoms with E-state index in [1.165, 1.54) is 7.11 Å². The lowest BCUT2D eigenvalue weighted by atomic mass is 9.98. The summed E-state index contributed by atoms with van der Waals surface area (Å²) < 4.78 is 4.65. The Balaban J connectivity index is 2.33. The van der Waals surface area contributed by atoms with Gasteiger partial charge in [-0.05, 0) is 32.8 Å². The Hall–Kier alpha value is -1.14. The first-order valence-corrected chi connectivity index (χ1v) is 6.74. The number of hydrogen-bond acceptors (Lipinski definition) is 6. The first-order chi connectivity index (χ1) is 8.45. The van der Waals surface area contributed by atoms with Gasteiger partial charge < -0.3 is 10.5 Å². The zero-order valence-electron chi connectivity index (χ0n) is 11.0. The average Bonchev–Trinajstić information content (AvgIpc) is 2.33. The first-order valence-electron chi connectivity index (χ1n) is 5.75. The fraction of sp³-hybridized carbons (Fsp3) is 0.583. The predicted molar refractivity (Wildman–Crippen MR) is 71.3 cm³/mol. The summed E-state index contributed by atoms with van der Waals surface area (Å²) in [5.74, 6) is 0.451. The SMILES string of the molecule is COC(=O)C(C)(N)CCCSc1nccc(C)n1. The minimum absolute atomic E-state index is 0.376. The molecular weight excluding hydrogens is 250 g/mol. The minimum atomic E-state index is -0.914. The molecule has 6 heteroatoms. The number of ether oxygens (including phenoxy) is 1. The van der Waals surface area contributed by atoms with Crippen molar-refractivity contribution in [3.8, 4) is 0 Å². The normalized spacial score (nSPS) is 14.0. The smallest absolute Gasteiger partial charge is 0.325 e. The Morgan fingerprint density at radius 2 is 2.33 bits per heavy atom. The molecule has 0 aliphatic carbocycles. The second kappa shape index (κ2) is 6.70. The Labute approximate surface area is 112 Å². The van der Waals surface area contributed by atoms with Crippen LogP contribution in [0, 0.1) is 6.92 Å².